The van der Waals surface area contributed by atoms with Gasteiger partial charge in [-0.2, -0.15) is 0 Å². The number of ketones is 1. The maximum atomic E-state index is 12.5. The minimum Gasteiger partial charge on any atom is -0.495 e. The van der Waals surface area contributed by atoms with E-state index in [-0.39, 0.29) is 30.7 Å². The summed E-state index contributed by atoms with van der Waals surface area (Å²) in [6.45, 7) is 1.41. The van der Waals surface area contributed by atoms with Crippen LogP contribution in [0.15, 0.2) is 42.5 Å². The van der Waals surface area contributed by atoms with Gasteiger partial charge in [-0.1, -0.05) is 19.1 Å². The summed E-state index contributed by atoms with van der Waals surface area (Å²) in [6, 6.07) is 11.9. The number of hydrogen-bond acceptors (Lipinski definition) is 5. The van der Waals surface area contributed by atoms with Crippen LogP contribution < -0.4 is 19.7 Å². The molecule has 2 aromatic rings. The molecular formula is C20H20N2O5. The molecule has 0 radical (unpaired) electrons. The van der Waals surface area contributed by atoms with Crippen molar-refractivity contribution in [1.29, 1.82) is 0 Å². The highest BCUT2D eigenvalue weighted by atomic mass is 16.5. The van der Waals surface area contributed by atoms with Crippen molar-refractivity contribution in [2.24, 2.45) is 0 Å². The van der Waals surface area contributed by atoms with E-state index in [2.05, 4.69) is 5.32 Å². The summed E-state index contributed by atoms with van der Waals surface area (Å²) in [7, 11) is 1.51. The number of ether oxygens (including phenoxy) is 2. The number of methoxy groups -OCH3 is 1. The van der Waals surface area contributed by atoms with Crippen LogP contribution in [0.25, 0.3) is 0 Å². The normalized spacial score (nSPS) is 12.8. The molecule has 1 heterocycles. The maximum Gasteiger partial charge on any atom is 0.265 e. The van der Waals surface area contributed by atoms with E-state index in [9.17, 15) is 14.4 Å². The van der Waals surface area contributed by atoms with E-state index in [1.165, 1.54) is 12.0 Å². The van der Waals surface area contributed by atoms with E-state index >= 15 is 0 Å². The molecule has 1 N–H and O–H groups in total. The lowest BCUT2D eigenvalue weighted by molar-refractivity contribution is -0.123. The van der Waals surface area contributed by atoms with Gasteiger partial charge in [0.25, 0.3) is 5.91 Å². The molecule has 3 rings (SSSR count). The molecule has 0 aliphatic carbocycles. The van der Waals surface area contributed by atoms with Crippen LogP contribution in [0.2, 0.25) is 0 Å². The number of Topliss-reactive ketones (excluding diaryl/α,β-unsaturated/α-hetero) is 1. The first-order valence-corrected chi connectivity index (χ1v) is 8.56. The number of anilines is 2. The Kier molecular flexibility index (Phi) is 5.40. The Bertz CT molecular complexity index is 894. The molecular weight excluding hydrogens is 348 g/mol. The van der Waals surface area contributed by atoms with Gasteiger partial charge in [0, 0.05) is 12.0 Å². The van der Waals surface area contributed by atoms with Crippen LogP contribution in [0.1, 0.15) is 23.7 Å². The van der Waals surface area contributed by atoms with Crippen molar-refractivity contribution >= 4 is 29.0 Å². The first-order valence-electron chi connectivity index (χ1n) is 8.56. The van der Waals surface area contributed by atoms with Gasteiger partial charge >= 0.3 is 0 Å². The SMILES string of the molecule is CCC(=O)c1ccc2c(c1)N(CC(=O)Nc1ccccc1OC)C(=O)CO2. The Balaban J connectivity index is 1.83. The number of rotatable bonds is 6. The second kappa shape index (κ2) is 7.90. The van der Waals surface area contributed by atoms with E-state index in [4.69, 9.17) is 9.47 Å². The minimum atomic E-state index is -0.382. The lowest BCUT2D eigenvalue weighted by atomic mass is 10.1. The van der Waals surface area contributed by atoms with Crippen molar-refractivity contribution in [1.82, 2.24) is 0 Å². The third-order valence-corrected chi connectivity index (χ3v) is 4.23. The highest BCUT2D eigenvalue weighted by Crippen LogP contribution is 2.33. The average Bonchev–Trinajstić information content (AvgIpc) is 2.69. The topological polar surface area (TPSA) is 84.9 Å². The number of hydrogen-bond donors (Lipinski definition) is 1. The zero-order valence-electron chi connectivity index (χ0n) is 15.2. The van der Waals surface area contributed by atoms with Crippen LogP contribution in [0.5, 0.6) is 11.5 Å². The fraction of sp³-hybridized carbons (Fsp3) is 0.250. The van der Waals surface area contributed by atoms with Crippen molar-refractivity contribution in [2.75, 3.05) is 30.5 Å². The number of carbonyl (C=O) groups is 3. The molecule has 0 unspecified atom stereocenters. The molecule has 1 aliphatic rings. The number of carbonyl (C=O) groups excluding carboxylic acids is 3. The summed E-state index contributed by atoms with van der Waals surface area (Å²) in [6.07, 6.45) is 0.349. The summed E-state index contributed by atoms with van der Waals surface area (Å²) >= 11 is 0. The lowest BCUT2D eigenvalue weighted by Gasteiger charge is -2.29. The van der Waals surface area contributed by atoms with Gasteiger partial charge in [-0.05, 0) is 30.3 Å². The zero-order chi connectivity index (χ0) is 19.4. The summed E-state index contributed by atoms with van der Waals surface area (Å²) in [5, 5.41) is 2.74. The van der Waals surface area contributed by atoms with Crippen LogP contribution >= 0.6 is 0 Å². The van der Waals surface area contributed by atoms with Crippen molar-refractivity contribution in [3.05, 3.63) is 48.0 Å². The monoisotopic (exact) mass is 368 g/mol. The lowest BCUT2D eigenvalue weighted by Crippen LogP contribution is -2.43. The molecule has 140 valence electrons. The summed E-state index contributed by atoms with van der Waals surface area (Å²) < 4.78 is 10.6. The molecule has 1 aliphatic heterocycles. The third-order valence-electron chi connectivity index (χ3n) is 4.23. The molecule has 0 saturated heterocycles. The molecule has 7 heteroatoms. The Labute approximate surface area is 156 Å². The van der Waals surface area contributed by atoms with Crippen LogP contribution in [0, 0.1) is 0 Å². The first kappa shape index (κ1) is 18.4. The van der Waals surface area contributed by atoms with E-state index in [1.54, 1.807) is 49.4 Å². The molecule has 7 nitrogen and oxygen atoms in total. The molecule has 0 saturated carbocycles. The Morgan fingerprint density at radius 1 is 1.22 bits per heavy atom. The number of nitrogens with one attached hydrogen (secondary N) is 1. The van der Waals surface area contributed by atoms with Gasteiger partial charge in [-0.3, -0.25) is 19.3 Å². The van der Waals surface area contributed by atoms with E-state index < -0.39 is 0 Å². The predicted molar refractivity (Wildman–Crippen MR) is 101 cm³/mol. The Hall–Kier alpha value is -3.35. The van der Waals surface area contributed by atoms with Crippen molar-refractivity contribution in [3.63, 3.8) is 0 Å². The fourth-order valence-corrected chi connectivity index (χ4v) is 2.83. The van der Waals surface area contributed by atoms with E-state index in [0.29, 0.717) is 34.9 Å². The van der Waals surface area contributed by atoms with E-state index in [1.807, 2.05) is 0 Å². The second-order valence-electron chi connectivity index (χ2n) is 5.98. The average molecular weight is 368 g/mol. The van der Waals surface area contributed by atoms with Gasteiger partial charge in [-0.15, -0.1) is 0 Å². The van der Waals surface area contributed by atoms with Crippen LogP contribution in [0.3, 0.4) is 0 Å². The van der Waals surface area contributed by atoms with Gasteiger partial charge in [0.15, 0.2) is 12.4 Å². The minimum absolute atomic E-state index is 0.0470. The molecule has 27 heavy (non-hydrogen) atoms. The van der Waals surface area contributed by atoms with Crippen LogP contribution in [0.4, 0.5) is 11.4 Å². The van der Waals surface area contributed by atoms with Gasteiger partial charge in [0.05, 0.1) is 18.5 Å². The second-order valence-corrected chi connectivity index (χ2v) is 5.98. The van der Waals surface area contributed by atoms with Crippen molar-refractivity contribution < 1.29 is 23.9 Å². The standard InChI is InChI=1S/C20H20N2O5/c1-3-16(23)13-8-9-18-15(10-13)22(20(25)12-27-18)11-19(24)21-14-6-4-5-7-17(14)26-2/h4-10H,3,11-12H2,1-2H3,(H,21,24). The van der Waals surface area contributed by atoms with Gasteiger partial charge in [0.2, 0.25) is 5.91 Å². The number of para-hydroxylation sites is 2. The van der Waals surface area contributed by atoms with Crippen molar-refractivity contribution in [3.8, 4) is 11.5 Å². The number of nitrogens with zero attached hydrogens (tertiary/aromatic N) is 1. The first-order chi connectivity index (χ1) is 13.0. The molecule has 0 spiro atoms. The van der Waals surface area contributed by atoms with Gasteiger partial charge < -0.3 is 14.8 Å². The number of benzene rings is 2. The summed E-state index contributed by atoms with van der Waals surface area (Å²) in [4.78, 5) is 38.2. The van der Waals surface area contributed by atoms with Gasteiger partial charge in [0.1, 0.15) is 18.0 Å². The molecule has 2 amide bonds. The van der Waals surface area contributed by atoms with Gasteiger partial charge in [-0.25, -0.2) is 0 Å². The third kappa shape index (κ3) is 3.92. The molecule has 2 aromatic carbocycles. The summed E-state index contributed by atoms with van der Waals surface area (Å²) in [5.41, 5.74) is 1.41. The van der Waals surface area contributed by atoms with E-state index in [0.717, 1.165) is 0 Å². The highest BCUT2D eigenvalue weighted by Gasteiger charge is 2.28. The highest BCUT2D eigenvalue weighted by molar-refractivity contribution is 6.06. The maximum absolute atomic E-state index is 12.5. The van der Waals surface area contributed by atoms with Crippen molar-refractivity contribution in [2.45, 2.75) is 13.3 Å². The molecule has 0 aromatic heterocycles. The quantitative estimate of drug-likeness (QED) is 0.793. The zero-order valence-corrected chi connectivity index (χ0v) is 15.2. The Morgan fingerprint density at radius 2 is 2.00 bits per heavy atom. The van der Waals surface area contributed by atoms with Crippen LogP contribution in [-0.2, 0) is 9.59 Å². The fourth-order valence-electron chi connectivity index (χ4n) is 2.83. The smallest absolute Gasteiger partial charge is 0.265 e. The number of fused-ring (bicyclic) bond motifs is 1. The summed E-state index contributed by atoms with van der Waals surface area (Å²) in [5.74, 6) is 0.212. The molecule has 0 atom stereocenters. The predicted octanol–water partition coefficient (Wildman–Crippen LogP) is 2.65. The largest absolute Gasteiger partial charge is 0.495 e. The Morgan fingerprint density at radius 3 is 2.74 bits per heavy atom. The molecule has 0 fully saturated rings. The molecule has 0 bridgehead atoms. The number of amides is 2. The van der Waals surface area contributed by atoms with Crippen LogP contribution in [-0.4, -0.2) is 37.9 Å².